The molecule has 7 nitrogen and oxygen atoms in total. The van der Waals surface area contributed by atoms with E-state index in [2.05, 4.69) is 15.2 Å². The minimum Gasteiger partial charge on any atom is -0.497 e. The van der Waals surface area contributed by atoms with Crippen molar-refractivity contribution in [2.24, 2.45) is 5.41 Å². The third-order valence-electron chi connectivity index (χ3n) is 5.13. The van der Waals surface area contributed by atoms with Gasteiger partial charge in [-0.2, -0.15) is 0 Å². The number of rotatable bonds is 5. The van der Waals surface area contributed by atoms with Gasteiger partial charge in [0.05, 0.1) is 19.1 Å². The van der Waals surface area contributed by atoms with Crippen LogP contribution in [0, 0.1) is 5.41 Å². The number of anilines is 1. The molecular weight excluding hydrogens is 364 g/mol. The minimum absolute atomic E-state index is 0.0491. The van der Waals surface area contributed by atoms with Crippen molar-refractivity contribution in [2.45, 2.75) is 6.42 Å². The summed E-state index contributed by atoms with van der Waals surface area (Å²) in [5.41, 5.74) is 0.512. The molecule has 0 saturated carbocycles. The molecule has 27 heavy (non-hydrogen) atoms. The first-order chi connectivity index (χ1) is 13.1. The van der Waals surface area contributed by atoms with Crippen LogP contribution in [-0.4, -0.2) is 61.5 Å². The van der Waals surface area contributed by atoms with Gasteiger partial charge in [0.25, 0.3) is 0 Å². The largest absolute Gasteiger partial charge is 0.497 e. The molecular formula is C19H22N4O3S. The Morgan fingerprint density at radius 3 is 2.96 bits per heavy atom. The van der Waals surface area contributed by atoms with Crippen LogP contribution < -0.4 is 15.0 Å². The predicted octanol–water partition coefficient (Wildman–Crippen LogP) is 1.16. The van der Waals surface area contributed by atoms with E-state index in [4.69, 9.17) is 4.74 Å². The van der Waals surface area contributed by atoms with Crippen LogP contribution in [0.2, 0.25) is 0 Å². The molecule has 2 aliphatic heterocycles. The molecule has 1 N–H and O–H groups in total. The van der Waals surface area contributed by atoms with Crippen LogP contribution in [0.15, 0.2) is 35.8 Å². The second-order valence-corrected chi connectivity index (χ2v) is 7.93. The molecule has 1 aromatic heterocycles. The molecule has 2 aromatic rings. The zero-order valence-corrected chi connectivity index (χ0v) is 16.0. The van der Waals surface area contributed by atoms with E-state index < -0.39 is 5.41 Å². The number of thiazole rings is 1. The summed E-state index contributed by atoms with van der Waals surface area (Å²) in [6.45, 7) is 2.41. The molecule has 2 aliphatic rings. The fraction of sp³-hybridized carbons (Fsp3) is 0.421. The molecule has 2 amide bonds. The van der Waals surface area contributed by atoms with Gasteiger partial charge in [-0.3, -0.25) is 9.59 Å². The highest BCUT2D eigenvalue weighted by atomic mass is 32.1. The molecule has 0 unspecified atom stereocenters. The lowest BCUT2D eigenvalue weighted by Crippen LogP contribution is -2.66. The second kappa shape index (κ2) is 7.19. The van der Waals surface area contributed by atoms with E-state index in [1.165, 1.54) is 0 Å². The second-order valence-electron chi connectivity index (χ2n) is 7.06. The summed E-state index contributed by atoms with van der Waals surface area (Å²) in [6.07, 6.45) is 2.39. The van der Waals surface area contributed by atoms with Crippen molar-refractivity contribution in [3.05, 3.63) is 41.4 Å². The minimum atomic E-state index is -0.546. The van der Waals surface area contributed by atoms with Crippen LogP contribution in [0.1, 0.15) is 5.56 Å². The first-order valence-electron chi connectivity index (χ1n) is 8.93. The number of hydrogen-bond donors (Lipinski definition) is 1. The van der Waals surface area contributed by atoms with Crippen LogP contribution >= 0.6 is 11.3 Å². The Morgan fingerprint density at radius 2 is 2.26 bits per heavy atom. The third kappa shape index (κ3) is 3.49. The van der Waals surface area contributed by atoms with Gasteiger partial charge in [-0.25, -0.2) is 4.98 Å². The Kier molecular flexibility index (Phi) is 4.73. The smallest absolute Gasteiger partial charge is 0.239 e. The Balaban J connectivity index is 1.57. The molecule has 8 heteroatoms. The Hall–Kier alpha value is -2.61. The van der Waals surface area contributed by atoms with Crippen molar-refractivity contribution in [2.75, 3.05) is 44.7 Å². The van der Waals surface area contributed by atoms with Crippen molar-refractivity contribution in [3.63, 3.8) is 0 Å². The number of hydrogen-bond acceptors (Lipinski definition) is 6. The van der Waals surface area contributed by atoms with E-state index in [1.54, 1.807) is 29.5 Å². The van der Waals surface area contributed by atoms with E-state index >= 15 is 0 Å². The van der Waals surface area contributed by atoms with Crippen LogP contribution in [-0.2, 0) is 16.0 Å². The number of carbonyl (C=O) groups excluding carboxylic acids is 2. The molecule has 0 radical (unpaired) electrons. The van der Waals surface area contributed by atoms with Gasteiger partial charge >= 0.3 is 0 Å². The number of ether oxygens (including phenoxy) is 1. The fourth-order valence-corrected chi connectivity index (χ4v) is 4.48. The summed E-state index contributed by atoms with van der Waals surface area (Å²) in [5.74, 6) is 0.735. The molecule has 0 bridgehead atoms. The van der Waals surface area contributed by atoms with E-state index in [-0.39, 0.29) is 18.4 Å². The number of nitrogens with zero attached hydrogens (tertiary/aromatic N) is 3. The molecule has 0 aliphatic carbocycles. The van der Waals surface area contributed by atoms with E-state index in [9.17, 15) is 9.59 Å². The van der Waals surface area contributed by atoms with Gasteiger partial charge in [0, 0.05) is 37.8 Å². The molecule has 3 heterocycles. The third-order valence-corrected chi connectivity index (χ3v) is 5.96. The van der Waals surface area contributed by atoms with Crippen molar-refractivity contribution in [1.29, 1.82) is 0 Å². The maximum absolute atomic E-state index is 13.4. The van der Waals surface area contributed by atoms with E-state index in [1.807, 2.05) is 29.6 Å². The zero-order valence-electron chi connectivity index (χ0n) is 15.2. The number of methoxy groups -OCH3 is 1. The number of nitrogens with one attached hydrogen (secondary N) is 1. The number of benzene rings is 1. The van der Waals surface area contributed by atoms with E-state index in [0.29, 0.717) is 32.6 Å². The fourth-order valence-electron chi connectivity index (χ4n) is 3.83. The molecule has 2 saturated heterocycles. The molecule has 142 valence electrons. The lowest BCUT2D eigenvalue weighted by molar-refractivity contribution is -0.148. The Bertz CT molecular complexity index is 833. The van der Waals surface area contributed by atoms with Gasteiger partial charge in [0.1, 0.15) is 5.75 Å². The van der Waals surface area contributed by atoms with Gasteiger partial charge in [-0.15, -0.1) is 11.3 Å². The summed E-state index contributed by atoms with van der Waals surface area (Å²) in [7, 11) is 1.64. The quantitative estimate of drug-likeness (QED) is 0.835. The average Bonchev–Trinajstić information content (AvgIpc) is 3.18. The summed E-state index contributed by atoms with van der Waals surface area (Å²) >= 11 is 1.57. The molecule has 4 rings (SSSR count). The zero-order chi connectivity index (χ0) is 18.9. The highest BCUT2D eigenvalue weighted by Gasteiger charge is 2.52. The highest BCUT2D eigenvalue weighted by Crippen LogP contribution is 2.40. The lowest BCUT2D eigenvalue weighted by Gasteiger charge is -2.51. The maximum Gasteiger partial charge on any atom is 0.239 e. The van der Waals surface area contributed by atoms with E-state index in [0.717, 1.165) is 16.4 Å². The number of aromatic nitrogens is 1. The molecule has 2 fully saturated rings. The van der Waals surface area contributed by atoms with Crippen molar-refractivity contribution in [3.8, 4) is 5.75 Å². The first-order valence-corrected chi connectivity index (χ1v) is 9.81. The van der Waals surface area contributed by atoms with Gasteiger partial charge in [0.2, 0.25) is 11.8 Å². The van der Waals surface area contributed by atoms with Crippen LogP contribution in [0.4, 0.5) is 5.13 Å². The van der Waals surface area contributed by atoms with Crippen LogP contribution in [0.5, 0.6) is 5.75 Å². The summed E-state index contributed by atoms with van der Waals surface area (Å²) in [6, 6.07) is 7.84. The highest BCUT2D eigenvalue weighted by molar-refractivity contribution is 7.13. The SMILES string of the molecule is COc1cccc(CC2(C(=O)N3CCNC(=O)C3)CN(c3nccs3)C2)c1. The van der Waals surface area contributed by atoms with Gasteiger partial charge in [-0.1, -0.05) is 12.1 Å². The molecule has 0 spiro atoms. The maximum atomic E-state index is 13.4. The Labute approximate surface area is 161 Å². The van der Waals surface area contributed by atoms with Crippen molar-refractivity contribution >= 4 is 28.3 Å². The first kappa shape index (κ1) is 17.8. The van der Waals surface area contributed by atoms with Crippen molar-refractivity contribution < 1.29 is 14.3 Å². The standard InChI is InChI=1S/C19H22N4O3S/c1-26-15-4-2-3-14(9-15)10-19(12-23(13-19)18-21-6-8-27-18)17(25)22-7-5-20-16(24)11-22/h2-4,6,8-9H,5,7,10-13H2,1H3,(H,20,24). The predicted molar refractivity (Wildman–Crippen MR) is 103 cm³/mol. The van der Waals surface area contributed by atoms with Gasteiger partial charge in [0.15, 0.2) is 5.13 Å². The van der Waals surface area contributed by atoms with Crippen molar-refractivity contribution in [1.82, 2.24) is 15.2 Å². The monoisotopic (exact) mass is 386 g/mol. The number of amides is 2. The number of carbonyl (C=O) groups is 2. The lowest BCUT2D eigenvalue weighted by atomic mass is 9.73. The summed E-state index contributed by atoms with van der Waals surface area (Å²) in [5, 5.41) is 5.65. The van der Waals surface area contributed by atoms with Gasteiger partial charge < -0.3 is 19.9 Å². The Morgan fingerprint density at radius 1 is 1.41 bits per heavy atom. The van der Waals surface area contributed by atoms with Crippen LogP contribution in [0.3, 0.4) is 0 Å². The molecule has 1 aromatic carbocycles. The topological polar surface area (TPSA) is 74.8 Å². The number of piperazine rings is 1. The normalized spacial score (nSPS) is 18.6. The summed E-state index contributed by atoms with van der Waals surface area (Å²) < 4.78 is 5.32. The average molecular weight is 386 g/mol. The van der Waals surface area contributed by atoms with Gasteiger partial charge in [-0.05, 0) is 24.1 Å². The molecule has 0 atom stereocenters. The van der Waals surface area contributed by atoms with Crippen LogP contribution in [0.25, 0.3) is 0 Å². The summed E-state index contributed by atoms with van der Waals surface area (Å²) in [4.78, 5) is 33.3.